The summed E-state index contributed by atoms with van der Waals surface area (Å²) < 4.78 is 1.79. The third-order valence-corrected chi connectivity index (χ3v) is 4.62. The largest absolute Gasteiger partial charge is 0.345 e. The molecule has 27 heavy (non-hydrogen) atoms. The lowest BCUT2D eigenvalue weighted by atomic mass is 10.1. The number of benzene rings is 1. The summed E-state index contributed by atoms with van der Waals surface area (Å²) in [6, 6.07) is 7.80. The minimum atomic E-state index is -0.204. The number of aromatic nitrogens is 4. The molecule has 140 valence electrons. The molecule has 1 amide bonds. The highest BCUT2D eigenvalue weighted by Crippen LogP contribution is 2.18. The maximum Gasteiger partial charge on any atom is 0.255 e. The Hall–Kier alpha value is -3.22. The van der Waals surface area contributed by atoms with Crippen molar-refractivity contribution in [1.82, 2.24) is 25.1 Å². The van der Waals surface area contributed by atoms with E-state index in [2.05, 4.69) is 25.7 Å². The van der Waals surface area contributed by atoms with Crippen LogP contribution in [0.4, 0.5) is 11.6 Å². The van der Waals surface area contributed by atoms with E-state index in [-0.39, 0.29) is 11.9 Å². The second-order valence-corrected chi connectivity index (χ2v) is 6.69. The van der Waals surface area contributed by atoms with Crippen molar-refractivity contribution < 1.29 is 4.79 Å². The molecule has 0 spiro atoms. The van der Waals surface area contributed by atoms with Crippen molar-refractivity contribution in [1.29, 1.82) is 0 Å². The Kier molecular flexibility index (Phi) is 5.21. The monoisotopic (exact) mass is 364 g/mol. The number of amides is 1. The van der Waals surface area contributed by atoms with E-state index in [0.29, 0.717) is 17.2 Å². The summed E-state index contributed by atoms with van der Waals surface area (Å²) >= 11 is 0. The number of hydrogen-bond donors (Lipinski definition) is 2. The lowest BCUT2D eigenvalue weighted by molar-refractivity contribution is 0.0938. The standard InChI is InChI=1S/C20H24N6O/c1-12-6-8-16(9-7-12)25-20-21-10-18(14(3)24-20)19(27)23-13(2)17-11-22-26(5)15(17)4/h6-11,13H,1-5H3,(H,23,27)(H,21,24,25). The Morgan fingerprint density at radius 2 is 1.81 bits per heavy atom. The van der Waals surface area contributed by atoms with Crippen LogP contribution in [0, 0.1) is 20.8 Å². The molecule has 2 N–H and O–H groups in total. The minimum absolute atomic E-state index is 0.157. The van der Waals surface area contributed by atoms with Gasteiger partial charge in [-0.25, -0.2) is 9.97 Å². The number of hydrogen-bond acceptors (Lipinski definition) is 5. The summed E-state index contributed by atoms with van der Waals surface area (Å²) in [6.45, 7) is 7.75. The zero-order valence-electron chi connectivity index (χ0n) is 16.2. The van der Waals surface area contributed by atoms with Gasteiger partial charge < -0.3 is 10.6 Å². The molecule has 3 rings (SSSR count). The van der Waals surface area contributed by atoms with Crippen LogP contribution in [0.1, 0.15) is 45.8 Å². The third kappa shape index (κ3) is 4.13. The van der Waals surface area contributed by atoms with Crippen LogP contribution in [0.5, 0.6) is 0 Å². The fourth-order valence-electron chi connectivity index (χ4n) is 2.81. The molecule has 2 aromatic heterocycles. The Morgan fingerprint density at radius 1 is 1.11 bits per heavy atom. The first kappa shape index (κ1) is 18.6. The van der Waals surface area contributed by atoms with Crippen molar-refractivity contribution in [2.45, 2.75) is 33.7 Å². The SMILES string of the molecule is Cc1ccc(Nc2ncc(C(=O)NC(C)c3cnn(C)c3C)c(C)n2)cc1. The van der Waals surface area contributed by atoms with Gasteiger partial charge in [-0.3, -0.25) is 9.48 Å². The highest BCUT2D eigenvalue weighted by molar-refractivity contribution is 5.95. The molecular weight excluding hydrogens is 340 g/mol. The van der Waals surface area contributed by atoms with Gasteiger partial charge in [-0.1, -0.05) is 17.7 Å². The molecule has 0 aliphatic rings. The fourth-order valence-corrected chi connectivity index (χ4v) is 2.81. The molecule has 1 atom stereocenters. The summed E-state index contributed by atoms with van der Waals surface area (Å²) in [6.07, 6.45) is 3.33. The van der Waals surface area contributed by atoms with Crippen molar-refractivity contribution in [3.05, 3.63) is 64.7 Å². The maximum absolute atomic E-state index is 12.6. The first-order chi connectivity index (χ1) is 12.8. The molecule has 0 radical (unpaired) electrons. The van der Waals surface area contributed by atoms with E-state index in [0.717, 1.165) is 16.9 Å². The van der Waals surface area contributed by atoms with Crippen molar-refractivity contribution in [2.75, 3.05) is 5.32 Å². The molecule has 3 aromatic rings. The quantitative estimate of drug-likeness (QED) is 0.725. The highest BCUT2D eigenvalue weighted by atomic mass is 16.1. The van der Waals surface area contributed by atoms with E-state index in [9.17, 15) is 4.79 Å². The van der Waals surface area contributed by atoms with Gasteiger partial charge in [0.1, 0.15) is 0 Å². The van der Waals surface area contributed by atoms with Gasteiger partial charge in [0.05, 0.1) is 23.5 Å². The number of nitrogens with zero attached hydrogens (tertiary/aromatic N) is 4. The van der Waals surface area contributed by atoms with Crippen LogP contribution in [0.2, 0.25) is 0 Å². The Labute approximate surface area is 158 Å². The number of carbonyl (C=O) groups excluding carboxylic acids is 1. The van der Waals surface area contributed by atoms with Crippen molar-refractivity contribution in [2.24, 2.45) is 7.05 Å². The maximum atomic E-state index is 12.6. The van der Waals surface area contributed by atoms with Crippen molar-refractivity contribution in [3.8, 4) is 0 Å². The minimum Gasteiger partial charge on any atom is -0.345 e. The van der Waals surface area contributed by atoms with Gasteiger partial charge in [0.2, 0.25) is 5.95 Å². The third-order valence-electron chi connectivity index (χ3n) is 4.62. The zero-order valence-corrected chi connectivity index (χ0v) is 16.2. The summed E-state index contributed by atoms with van der Waals surface area (Å²) in [7, 11) is 1.88. The van der Waals surface area contributed by atoms with E-state index in [1.165, 1.54) is 5.56 Å². The normalized spacial score (nSPS) is 11.9. The van der Waals surface area contributed by atoms with Crippen molar-refractivity contribution >= 4 is 17.5 Å². The summed E-state index contributed by atoms with van der Waals surface area (Å²) in [5.41, 5.74) is 5.17. The summed E-state index contributed by atoms with van der Waals surface area (Å²) in [5.74, 6) is 0.259. The molecule has 0 saturated heterocycles. The van der Waals surface area contributed by atoms with Gasteiger partial charge in [0.25, 0.3) is 5.91 Å². The van der Waals surface area contributed by atoms with Crippen LogP contribution in [0.15, 0.2) is 36.7 Å². The van der Waals surface area contributed by atoms with Crippen molar-refractivity contribution in [3.63, 3.8) is 0 Å². The van der Waals surface area contributed by atoms with Gasteiger partial charge in [0, 0.05) is 30.2 Å². The number of carbonyl (C=O) groups is 1. The van der Waals surface area contributed by atoms with Gasteiger partial charge in [-0.15, -0.1) is 0 Å². The van der Waals surface area contributed by atoms with Gasteiger partial charge >= 0.3 is 0 Å². The second kappa shape index (κ2) is 7.57. The van der Waals surface area contributed by atoms with Crippen LogP contribution in [0.3, 0.4) is 0 Å². The number of nitrogens with one attached hydrogen (secondary N) is 2. The van der Waals surface area contributed by atoms with Gasteiger partial charge in [0.15, 0.2) is 0 Å². The average Bonchev–Trinajstić information content (AvgIpc) is 2.96. The van der Waals surface area contributed by atoms with E-state index in [1.54, 1.807) is 24.0 Å². The first-order valence-corrected chi connectivity index (χ1v) is 8.82. The molecule has 2 heterocycles. The van der Waals surface area contributed by atoms with Crippen LogP contribution in [0.25, 0.3) is 0 Å². The number of aryl methyl sites for hydroxylation is 3. The predicted molar refractivity (Wildman–Crippen MR) is 105 cm³/mol. The van der Waals surface area contributed by atoms with E-state index >= 15 is 0 Å². The molecule has 0 saturated carbocycles. The Morgan fingerprint density at radius 3 is 2.41 bits per heavy atom. The molecule has 1 aromatic carbocycles. The Bertz CT molecular complexity index is 961. The molecule has 0 bridgehead atoms. The summed E-state index contributed by atoms with van der Waals surface area (Å²) in [4.78, 5) is 21.3. The van der Waals surface area contributed by atoms with E-state index in [4.69, 9.17) is 0 Å². The van der Waals surface area contributed by atoms with E-state index < -0.39 is 0 Å². The first-order valence-electron chi connectivity index (χ1n) is 8.82. The average molecular weight is 364 g/mol. The molecule has 7 nitrogen and oxygen atoms in total. The van der Waals surface area contributed by atoms with Crippen LogP contribution < -0.4 is 10.6 Å². The van der Waals surface area contributed by atoms with Gasteiger partial charge in [-0.2, -0.15) is 5.10 Å². The lowest BCUT2D eigenvalue weighted by Gasteiger charge is -2.15. The summed E-state index contributed by atoms with van der Waals surface area (Å²) in [5, 5.41) is 10.4. The number of anilines is 2. The second-order valence-electron chi connectivity index (χ2n) is 6.69. The van der Waals surface area contributed by atoms with E-state index in [1.807, 2.05) is 52.1 Å². The molecule has 0 aliphatic heterocycles. The van der Waals surface area contributed by atoms with Crippen LogP contribution in [-0.4, -0.2) is 25.7 Å². The molecular formula is C20H24N6O. The molecule has 0 aliphatic carbocycles. The number of rotatable bonds is 5. The highest BCUT2D eigenvalue weighted by Gasteiger charge is 2.18. The topological polar surface area (TPSA) is 84.7 Å². The molecule has 1 unspecified atom stereocenters. The predicted octanol–water partition coefficient (Wildman–Crippen LogP) is 3.37. The van der Waals surface area contributed by atoms with Crippen LogP contribution in [-0.2, 0) is 7.05 Å². The zero-order chi connectivity index (χ0) is 19.6. The molecule has 7 heteroatoms. The fraction of sp³-hybridized carbons (Fsp3) is 0.300. The van der Waals surface area contributed by atoms with Gasteiger partial charge in [-0.05, 0) is 39.8 Å². The Balaban J connectivity index is 1.72. The molecule has 0 fully saturated rings. The van der Waals surface area contributed by atoms with Crippen LogP contribution >= 0.6 is 0 Å². The smallest absolute Gasteiger partial charge is 0.255 e. The lowest BCUT2D eigenvalue weighted by Crippen LogP contribution is -2.28.